The summed E-state index contributed by atoms with van der Waals surface area (Å²) in [4.78, 5) is 8.20. The van der Waals surface area contributed by atoms with Crippen molar-refractivity contribution in [1.82, 2.24) is 20.2 Å². The number of nitrogens with one attached hydrogen (secondary N) is 2. The Bertz CT molecular complexity index is 536. The molecule has 18 heavy (non-hydrogen) atoms. The molecule has 1 unspecified atom stereocenters. The van der Waals surface area contributed by atoms with E-state index in [0.29, 0.717) is 37.8 Å². The number of anilines is 2. The van der Waals surface area contributed by atoms with Gasteiger partial charge in [-0.1, -0.05) is 0 Å². The zero-order valence-electron chi connectivity index (χ0n) is 9.72. The molecule has 3 heterocycles. The van der Waals surface area contributed by atoms with E-state index < -0.39 is 0 Å². The van der Waals surface area contributed by atoms with Gasteiger partial charge in [-0.15, -0.1) is 0 Å². The minimum absolute atomic E-state index is 0.0249. The summed E-state index contributed by atoms with van der Waals surface area (Å²) in [5.41, 5.74) is 6.24. The smallest absolute Gasteiger partial charge is 0.224 e. The Morgan fingerprint density at radius 1 is 1.44 bits per heavy atom. The number of fused-ring (bicyclic) bond motifs is 1. The number of aromatic nitrogens is 4. The van der Waals surface area contributed by atoms with Gasteiger partial charge in [0.25, 0.3) is 0 Å². The Morgan fingerprint density at radius 2 is 2.39 bits per heavy atom. The van der Waals surface area contributed by atoms with Gasteiger partial charge >= 0.3 is 0 Å². The summed E-state index contributed by atoms with van der Waals surface area (Å²) < 4.78 is 10.9. The van der Waals surface area contributed by atoms with Crippen LogP contribution in [0.4, 0.5) is 11.8 Å². The quantitative estimate of drug-likeness (QED) is 0.689. The molecule has 1 aliphatic rings. The molecular weight excluding hydrogens is 236 g/mol. The molecule has 4 N–H and O–H groups in total. The van der Waals surface area contributed by atoms with Gasteiger partial charge in [-0.05, 0) is 0 Å². The molecule has 0 bridgehead atoms. The molecule has 3 rings (SSSR count). The van der Waals surface area contributed by atoms with Crippen LogP contribution in [-0.2, 0) is 9.47 Å². The van der Waals surface area contributed by atoms with Crippen molar-refractivity contribution in [3.05, 3.63) is 6.20 Å². The molecule has 0 radical (unpaired) electrons. The summed E-state index contributed by atoms with van der Waals surface area (Å²) in [5.74, 6) is 0.857. The van der Waals surface area contributed by atoms with E-state index in [1.165, 1.54) is 0 Å². The highest BCUT2D eigenvalue weighted by Gasteiger charge is 2.15. The number of aromatic amines is 1. The van der Waals surface area contributed by atoms with Crippen LogP contribution in [-0.4, -0.2) is 52.6 Å². The lowest BCUT2D eigenvalue weighted by Crippen LogP contribution is -2.34. The summed E-state index contributed by atoms with van der Waals surface area (Å²) in [6, 6.07) is 0. The second kappa shape index (κ2) is 4.75. The molecule has 1 atom stereocenters. The molecule has 8 nitrogen and oxygen atoms in total. The van der Waals surface area contributed by atoms with Crippen molar-refractivity contribution in [3.63, 3.8) is 0 Å². The van der Waals surface area contributed by atoms with Crippen LogP contribution in [0.3, 0.4) is 0 Å². The zero-order valence-corrected chi connectivity index (χ0v) is 9.72. The van der Waals surface area contributed by atoms with Gasteiger partial charge in [-0.2, -0.15) is 15.1 Å². The molecule has 1 saturated heterocycles. The lowest BCUT2D eigenvalue weighted by molar-refractivity contribution is -0.0819. The zero-order chi connectivity index (χ0) is 12.4. The standard InChI is InChI=1S/C10H14N6O2/c11-10-14-8(7-4-13-16-9(7)15-10)12-3-6-5-17-1-2-18-6/h4,6H,1-3,5H2,(H4,11,12,13,14,15,16). The van der Waals surface area contributed by atoms with E-state index in [9.17, 15) is 0 Å². The lowest BCUT2D eigenvalue weighted by Gasteiger charge is -2.23. The van der Waals surface area contributed by atoms with Crippen molar-refractivity contribution in [1.29, 1.82) is 0 Å². The van der Waals surface area contributed by atoms with Crippen LogP contribution in [0, 0.1) is 0 Å². The van der Waals surface area contributed by atoms with E-state index in [0.717, 1.165) is 5.39 Å². The highest BCUT2D eigenvalue weighted by molar-refractivity contribution is 5.86. The van der Waals surface area contributed by atoms with Crippen LogP contribution in [0.25, 0.3) is 11.0 Å². The Labute approximate surface area is 103 Å². The minimum atomic E-state index is 0.0249. The summed E-state index contributed by atoms with van der Waals surface area (Å²) >= 11 is 0. The monoisotopic (exact) mass is 250 g/mol. The predicted octanol–water partition coefficient (Wildman–Crippen LogP) is -0.238. The molecule has 0 saturated carbocycles. The summed E-state index contributed by atoms with van der Waals surface area (Å²) in [7, 11) is 0. The molecule has 96 valence electrons. The van der Waals surface area contributed by atoms with Crippen LogP contribution in [0.15, 0.2) is 6.20 Å². The highest BCUT2D eigenvalue weighted by atomic mass is 16.6. The first-order valence-corrected chi connectivity index (χ1v) is 5.73. The fourth-order valence-corrected chi connectivity index (χ4v) is 1.85. The van der Waals surface area contributed by atoms with E-state index in [1.54, 1.807) is 6.20 Å². The van der Waals surface area contributed by atoms with E-state index in [4.69, 9.17) is 15.2 Å². The third kappa shape index (κ3) is 2.20. The number of hydrogen-bond acceptors (Lipinski definition) is 7. The van der Waals surface area contributed by atoms with Crippen LogP contribution in [0.2, 0.25) is 0 Å². The summed E-state index contributed by atoms with van der Waals surface area (Å²) in [6.07, 6.45) is 1.69. The van der Waals surface area contributed by atoms with E-state index >= 15 is 0 Å². The van der Waals surface area contributed by atoms with Crippen molar-refractivity contribution in [2.24, 2.45) is 0 Å². The lowest BCUT2D eigenvalue weighted by atomic mass is 10.3. The number of nitrogens with two attached hydrogens (primary N) is 1. The van der Waals surface area contributed by atoms with Gasteiger partial charge in [0.2, 0.25) is 5.95 Å². The van der Waals surface area contributed by atoms with Crippen LogP contribution < -0.4 is 11.1 Å². The normalized spacial score (nSPS) is 20.1. The molecular formula is C10H14N6O2. The molecule has 0 aromatic carbocycles. The second-order valence-corrected chi connectivity index (χ2v) is 4.01. The third-order valence-corrected chi connectivity index (χ3v) is 2.71. The number of nitrogens with zero attached hydrogens (tertiary/aromatic N) is 3. The molecule has 2 aromatic heterocycles. The Hall–Kier alpha value is -1.93. The minimum Gasteiger partial charge on any atom is -0.376 e. The maximum Gasteiger partial charge on any atom is 0.224 e. The Balaban J connectivity index is 1.75. The molecule has 2 aromatic rings. The van der Waals surface area contributed by atoms with Gasteiger partial charge < -0.3 is 20.5 Å². The molecule has 0 aliphatic carbocycles. The topological polar surface area (TPSA) is 111 Å². The SMILES string of the molecule is Nc1nc(NCC2COCCO2)c2cn[nH]c2n1. The largest absolute Gasteiger partial charge is 0.376 e. The number of nitrogen functional groups attached to an aromatic ring is 1. The van der Waals surface area contributed by atoms with E-state index in [-0.39, 0.29) is 12.1 Å². The first kappa shape index (κ1) is 11.2. The molecule has 1 fully saturated rings. The van der Waals surface area contributed by atoms with Crippen molar-refractivity contribution >= 4 is 22.8 Å². The first-order chi connectivity index (χ1) is 8.83. The number of hydrogen-bond donors (Lipinski definition) is 3. The van der Waals surface area contributed by atoms with E-state index in [2.05, 4.69) is 25.5 Å². The first-order valence-electron chi connectivity index (χ1n) is 5.73. The second-order valence-electron chi connectivity index (χ2n) is 4.01. The number of ether oxygens (including phenoxy) is 2. The third-order valence-electron chi connectivity index (χ3n) is 2.71. The van der Waals surface area contributed by atoms with Crippen LogP contribution in [0.5, 0.6) is 0 Å². The van der Waals surface area contributed by atoms with Gasteiger partial charge in [0.05, 0.1) is 37.5 Å². The maximum atomic E-state index is 5.63. The highest BCUT2D eigenvalue weighted by Crippen LogP contribution is 2.18. The van der Waals surface area contributed by atoms with E-state index in [1.807, 2.05) is 0 Å². The van der Waals surface area contributed by atoms with Crippen LogP contribution in [0.1, 0.15) is 0 Å². The van der Waals surface area contributed by atoms with Crippen molar-refractivity contribution in [2.45, 2.75) is 6.10 Å². The summed E-state index contributed by atoms with van der Waals surface area (Å²) in [6.45, 7) is 2.47. The fraction of sp³-hybridized carbons (Fsp3) is 0.500. The van der Waals surface area contributed by atoms with Gasteiger partial charge in [0, 0.05) is 6.54 Å². The van der Waals surface area contributed by atoms with Gasteiger partial charge in [-0.3, -0.25) is 5.10 Å². The van der Waals surface area contributed by atoms with Crippen molar-refractivity contribution in [2.75, 3.05) is 37.4 Å². The van der Waals surface area contributed by atoms with Crippen molar-refractivity contribution in [3.8, 4) is 0 Å². The molecule has 8 heteroatoms. The Kier molecular flexibility index (Phi) is 2.95. The van der Waals surface area contributed by atoms with Gasteiger partial charge in [-0.25, -0.2) is 0 Å². The molecule has 0 spiro atoms. The number of rotatable bonds is 3. The number of H-pyrrole nitrogens is 1. The average Bonchev–Trinajstić information content (AvgIpc) is 2.85. The van der Waals surface area contributed by atoms with Gasteiger partial charge in [0.1, 0.15) is 5.82 Å². The molecule has 1 aliphatic heterocycles. The summed E-state index contributed by atoms with van der Waals surface area (Å²) in [5, 5.41) is 10.7. The fourth-order valence-electron chi connectivity index (χ4n) is 1.85. The van der Waals surface area contributed by atoms with Crippen LogP contribution >= 0.6 is 0 Å². The molecule has 0 amide bonds. The average molecular weight is 250 g/mol. The maximum absolute atomic E-state index is 5.63. The van der Waals surface area contributed by atoms with Crippen molar-refractivity contribution < 1.29 is 9.47 Å². The predicted molar refractivity (Wildman–Crippen MR) is 65.1 cm³/mol. The van der Waals surface area contributed by atoms with Gasteiger partial charge in [0.15, 0.2) is 5.65 Å². The Morgan fingerprint density at radius 3 is 3.22 bits per heavy atom.